The lowest BCUT2D eigenvalue weighted by molar-refractivity contribution is -0.191. The highest BCUT2D eigenvalue weighted by Crippen LogP contribution is 2.12. The van der Waals surface area contributed by atoms with Crippen molar-refractivity contribution in [3.63, 3.8) is 0 Å². The Balaban J connectivity index is 0.000000424. The van der Waals surface area contributed by atoms with E-state index in [0.29, 0.717) is 5.56 Å². The van der Waals surface area contributed by atoms with Gasteiger partial charge in [-0.2, -0.15) is 9.59 Å². The molecular weight excluding hydrogens is 173 g/mol. The number of hydrogen-bond acceptors (Lipinski definition) is 3. The van der Waals surface area contributed by atoms with Crippen LogP contribution in [0.1, 0.15) is 11.3 Å². The first-order valence-electron chi connectivity index (χ1n) is 3.38. The molecule has 0 saturated carbocycles. The number of pyridine rings is 1. The molecule has 68 valence electrons. The summed E-state index contributed by atoms with van der Waals surface area (Å²) in [5.74, 6) is -0.412. The molecule has 0 radical (unpaired) electrons. The highest BCUT2D eigenvalue weighted by atomic mass is 19.1. The van der Waals surface area contributed by atoms with Gasteiger partial charge in [0.1, 0.15) is 5.83 Å². The van der Waals surface area contributed by atoms with Crippen LogP contribution >= 0.6 is 0 Å². The molecule has 0 saturated heterocycles. The Hall–Kier alpha value is -1.80. The van der Waals surface area contributed by atoms with E-state index < -0.39 is 5.83 Å². The van der Waals surface area contributed by atoms with Crippen molar-refractivity contribution in [2.45, 2.75) is 6.92 Å². The lowest BCUT2D eigenvalue weighted by atomic mass is 10.2. The van der Waals surface area contributed by atoms with Crippen LogP contribution < -0.4 is 0 Å². The molecule has 1 rings (SSSR count). The van der Waals surface area contributed by atoms with E-state index in [0.717, 1.165) is 5.69 Å². The van der Waals surface area contributed by atoms with Crippen LogP contribution in [-0.2, 0) is 9.59 Å². The fraction of sp³-hybridized carbons (Fsp3) is 0.111. The SMILES string of the molecule is C=C(F)c1ccnc(C)c1.O=C=O. The molecule has 0 amide bonds. The highest BCUT2D eigenvalue weighted by Gasteiger charge is 1.95. The third-order valence-electron chi connectivity index (χ3n) is 1.21. The maximum absolute atomic E-state index is 12.4. The topological polar surface area (TPSA) is 47.0 Å². The van der Waals surface area contributed by atoms with E-state index >= 15 is 0 Å². The van der Waals surface area contributed by atoms with E-state index in [9.17, 15) is 4.39 Å². The second-order valence-corrected chi connectivity index (χ2v) is 2.17. The standard InChI is InChI=1S/C8H8FN.CO2/c1-6-5-8(7(2)9)3-4-10-6;2-1-3/h3-5H,2H2,1H3;. The fourth-order valence-electron chi connectivity index (χ4n) is 0.714. The smallest absolute Gasteiger partial charge is 0.262 e. The number of aryl methyl sites for hydroxylation is 1. The summed E-state index contributed by atoms with van der Waals surface area (Å²) in [7, 11) is 0. The van der Waals surface area contributed by atoms with Crippen molar-refractivity contribution in [3.8, 4) is 0 Å². The van der Waals surface area contributed by atoms with E-state index in [1.807, 2.05) is 6.92 Å². The number of aromatic nitrogens is 1. The molecule has 1 heterocycles. The number of carbonyl (C=O) groups excluding carboxylic acids is 2. The molecule has 0 aromatic carbocycles. The van der Waals surface area contributed by atoms with Gasteiger partial charge in [0.2, 0.25) is 0 Å². The molecule has 0 spiro atoms. The molecule has 0 aliphatic carbocycles. The number of rotatable bonds is 1. The number of halogens is 1. The highest BCUT2D eigenvalue weighted by molar-refractivity contribution is 5.56. The van der Waals surface area contributed by atoms with E-state index in [2.05, 4.69) is 11.6 Å². The van der Waals surface area contributed by atoms with Gasteiger partial charge in [-0.25, -0.2) is 4.39 Å². The summed E-state index contributed by atoms with van der Waals surface area (Å²) in [6.45, 7) is 4.98. The first-order chi connectivity index (χ1) is 6.11. The summed E-state index contributed by atoms with van der Waals surface area (Å²) in [6, 6.07) is 3.25. The van der Waals surface area contributed by atoms with E-state index in [4.69, 9.17) is 9.59 Å². The third-order valence-corrected chi connectivity index (χ3v) is 1.21. The van der Waals surface area contributed by atoms with Crippen LogP contribution in [-0.4, -0.2) is 11.1 Å². The second kappa shape index (κ2) is 5.80. The normalized spacial score (nSPS) is 7.85. The van der Waals surface area contributed by atoms with Gasteiger partial charge in [0.15, 0.2) is 0 Å². The molecule has 13 heavy (non-hydrogen) atoms. The van der Waals surface area contributed by atoms with Gasteiger partial charge >= 0.3 is 6.15 Å². The quantitative estimate of drug-likeness (QED) is 0.663. The number of hydrogen-bond donors (Lipinski definition) is 0. The predicted molar refractivity (Wildman–Crippen MR) is 44.1 cm³/mol. The fourth-order valence-corrected chi connectivity index (χ4v) is 0.714. The summed E-state index contributed by atoms with van der Waals surface area (Å²) in [5, 5.41) is 0. The van der Waals surface area contributed by atoms with Crippen LogP contribution in [0.15, 0.2) is 24.9 Å². The minimum Gasteiger partial charge on any atom is -0.262 e. The molecule has 0 unspecified atom stereocenters. The van der Waals surface area contributed by atoms with Crippen LogP contribution in [0.25, 0.3) is 5.83 Å². The third kappa shape index (κ3) is 4.61. The molecule has 0 aliphatic rings. The number of nitrogens with zero attached hydrogens (tertiary/aromatic N) is 1. The average Bonchev–Trinajstić information content (AvgIpc) is 2.05. The van der Waals surface area contributed by atoms with Crippen molar-refractivity contribution in [2.24, 2.45) is 0 Å². The zero-order chi connectivity index (χ0) is 10.3. The largest absolute Gasteiger partial charge is 0.373 e. The van der Waals surface area contributed by atoms with Gasteiger partial charge in [0, 0.05) is 17.5 Å². The maximum Gasteiger partial charge on any atom is 0.373 e. The van der Waals surface area contributed by atoms with Gasteiger partial charge in [-0.1, -0.05) is 6.58 Å². The van der Waals surface area contributed by atoms with Crippen molar-refractivity contribution < 1.29 is 14.0 Å². The molecule has 0 N–H and O–H groups in total. The Morgan fingerprint density at radius 1 is 1.62 bits per heavy atom. The predicted octanol–water partition coefficient (Wildman–Crippen LogP) is 1.75. The minimum atomic E-state index is -0.412. The van der Waals surface area contributed by atoms with Gasteiger partial charge in [-0.05, 0) is 19.1 Å². The van der Waals surface area contributed by atoms with Gasteiger partial charge in [-0.15, -0.1) is 0 Å². The Kier molecular flexibility index (Phi) is 5.00. The summed E-state index contributed by atoms with van der Waals surface area (Å²) in [6.07, 6.45) is 1.81. The van der Waals surface area contributed by atoms with E-state index in [1.165, 1.54) is 0 Å². The molecule has 3 nitrogen and oxygen atoms in total. The lowest BCUT2D eigenvalue weighted by Crippen LogP contribution is -1.81. The lowest BCUT2D eigenvalue weighted by Gasteiger charge is -1.95. The van der Waals surface area contributed by atoms with Gasteiger partial charge in [0.05, 0.1) is 0 Å². The van der Waals surface area contributed by atoms with Gasteiger partial charge in [0.25, 0.3) is 0 Å². The van der Waals surface area contributed by atoms with Crippen molar-refractivity contribution in [1.29, 1.82) is 0 Å². The Morgan fingerprint density at radius 3 is 2.46 bits per heavy atom. The zero-order valence-electron chi connectivity index (χ0n) is 7.08. The monoisotopic (exact) mass is 181 g/mol. The van der Waals surface area contributed by atoms with Crippen LogP contribution in [0.3, 0.4) is 0 Å². The van der Waals surface area contributed by atoms with E-state index in [-0.39, 0.29) is 6.15 Å². The summed E-state index contributed by atoms with van der Waals surface area (Å²) >= 11 is 0. The van der Waals surface area contributed by atoms with Crippen molar-refractivity contribution >= 4 is 12.0 Å². The van der Waals surface area contributed by atoms with Gasteiger partial charge in [-0.3, -0.25) is 4.98 Å². The Bertz CT molecular complexity index is 330. The van der Waals surface area contributed by atoms with Crippen LogP contribution in [0, 0.1) is 6.92 Å². The van der Waals surface area contributed by atoms with Crippen LogP contribution in [0.5, 0.6) is 0 Å². The second-order valence-electron chi connectivity index (χ2n) is 2.17. The van der Waals surface area contributed by atoms with Crippen LogP contribution in [0.2, 0.25) is 0 Å². The molecule has 0 fully saturated rings. The van der Waals surface area contributed by atoms with Gasteiger partial charge < -0.3 is 0 Å². The van der Waals surface area contributed by atoms with Crippen molar-refractivity contribution in [2.75, 3.05) is 0 Å². The Labute approximate surface area is 74.9 Å². The van der Waals surface area contributed by atoms with Crippen molar-refractivity contribution in [1.82, 2.24) is 4.98 Å². The maximum atomic E-state index is 12.4. The summed E-state index contributed by atoms with van der Waals surface area (Å²) in [5.41, 5.74) is 1.31. The van der Waals surface area contributed by atoms with Crippen molar-refractivity contribution in [3.05, 3.63) is 36.2 Å². The summed E-state index contributed by atoms with van der Waals surface area (Å²) in [4.78, 5) is 20.2. The molecule has 1 aromatic heterocycles. The molecular formula is C9H8FNO2. The van der Waals surface area contributed by atoms with E-state index in [1.54, 1.807) is 18.3 Å². The molecule has 4 heteroatoms. The average molecular weight is 181 g/mol. The molecule has 1 aromatic rings. The Morgan fingerprint density at radius 2 is 2.15 bits per heavy atom. The summed E-state index contributed by atoms with van der Waals surface area (Å²) < 4.78 is 12.4. The molecule has 0 aliphatic heterocycles. The first-order valence-corrected chi connectivity index (χ1v) is 3.38. The zero-order valence-corrected chi connectivity index (χ0v) is 7.08. The minimum absolute atomic E-state index is 0.250. The molecule has 0 atom stereocenters. The first kappa shape index (κ1) is 11.2. The molecule has 0 bridgehead atoms. The van der Waals surface area contributed by atoms with Crippen LogP contribution in [0.4, 0.5) is 4.39 Å².